The summed E-state index contributed by atoms with van der Waals surface area (Å²) in [6, 6.07) is 12.6. The number of nitrogens with zero attached hydrogens (tertiary/aromatic N) is 2. The highest BCUT2D eigenvalue weighted by Gasteiger charge is 2.42. The lowest BCUT2D eigenvalue weighted by Crippen LogP contribution is -2.40. The molecular weight excluding hydrogens is 426 g/mol. The van der Waals surface area contributed by atoms with Crippen LogP contribution in [0.1, 0.15) is 35.7 Å². The quantitative estimate of drug-likeness (QED) is 0.671. The first kappa shape index (κ1) is 21.2. The van der Waals surface area contributed by atoms with Gasteiger partial charge in [-0.15, -0.1) is 23.5 Å². The predicted molar refractivity (Wildman–Crippen MR) is 116 cm³/mol. The molecule has 2 aliphatic rings. The van der Waals surface area contributed by atoms with Crippen LogP contribution in [0.2, 0.25) is 0 Å². The predicted octanol–water partition coefficient (Wildman–Crippen LogP) is 4.59. The van der Waals surface area contributed by atoms with Crippen LogP contribution in [-0.4, -0.2) is 45.2 Å². The molecule has 8 heteroatoms. The number of thioether (sulfide) groups is 2. The largest absolute Gasteiger partial charge is 0.324 e. The zero-order valence-electron chi connectivity index (χ0n) is 16.6. The fraction of sp³-hybridized carbons (Fsp3) is 0.364. The lowest BCUT2D eigenvalue weighted by Gasteiger charge is -2.29. The van der Waals surface area contributed by atoms with E-state index in [1.165, 1.54) is 47.8 Å². The molecule has 0 N–H and O–H groups in total. The van der Waals surface area contributed by atoms with Crippen LogP contribution >= 0.6 is 23.5 Å². The second-order valence-corrected chi connectivity index (χ2v) is 10.3. The van der Waals surface area contributed by atoms with Crippen molar-refractivity contribution in [2.45, 2.75) is 35.1 Å². The van der Waals surface area contributed by atoms with Gasteiger partial charge in [0.1, 0.15) is 22.4 Å². The Morgan fingerprint density at radius 1 is 0.767 bits per heavy atom. The van der Waals surface area contributed by atoms with Gasteiger partial charge < -0.3 is 9.80 Å². The molecule has 2 fully saturated rings. The first-order chi connectivity index (χ1) is 14.3. The summed E-state index contributed by atoms with van der Waals surface area (Å²) in [5.41, 5.74) is 1.46. The fourth-order valence-corrected chi connectivity index (χ4v) is 6.45. The summed E-state index contributed by atoms with van der Waals surface area (Å²) in [4.78, 5) is 29.0. The Morgan fingerprint density at radius 2 is 1.17 bits per heavy atom. The minimum atomic E-state index is -0.342. The van der Waals surface area contributed by atoms with E-state index in [4.69, 9.17) is 0 Å². The molecule has 4 nitrogen and oxygen atoms in total. The minimum absolute atomic E-state index is 0.0242. The van der Waals surface area contributed by atoms with Crippen LogP contribution in [0.15, 0.2) is 48.5 Å². The third kappa shape index (κ3) is 4.07. The van der Waals surface area contributed by atoms with Crippen LogP contribution in [0.4, 0.5) is 8.78 Å². The Morgan fingerprint density at radius 3 is 1.53 bits per heavy atom. The zero-order valence-corrected chi connectivity index (χ0v) is 18.3. The van der Waals surface area contributed by atoms with Gasteiger partial charge in [-0.3, -0.25) is 9.59 Å². The normalized spacial score (nSPS) is 26.7. The van der Waals surface area contributed by atoms with E-state index >= 15 is 0 Å². The van der Waals surface area contributed by atoms with Crippen molar-refractivity contribution in [1.29, 1.82) is 0 Å². The van der Waals surface area contributed by atoms with Crippen LogP contribution in [0.25, 0.3) is 0 Å². The maximum atomic E-state index is 13.7. The highest BCUT2D eigenvalue weighted by atomic mass is 32.2. The summed E-state index contributed by atoms with van der Waals surface area (Å²) in [7, 11) is 0. The van der Waals surface area contributed by atoms with Crippen molar-refractivity contribution in [3.63, 3.8) is 0 Å². The summed E-state index contributed by atoms with van der Waals surface area (Å²) in [5.74, 6) is -0.731. The van der Waals surface area contributed by atoms with E-state index in [-0.39, 0.29) is 44.7 Å². The number of halogens is 2. The van der Waals surface area contributed by atoms with Crippen LogP contribution < -0.4 is 0 Å². The van der Waals surface area contributed by atoms with E-state index in [0.717, 1.165) is 11.1 Å². The molecule has 0 spiro atoms. The molecule has 0 saturated carbocycles. The number of hydrogen-bond acceptors (Lipinski definition) is 4. The van der Waals surface area contributed by atoms with Crippen molar-refractivity contribution in [3.05, 3.63) is 71.3 Å². The van der Waals surface area contributed by atoms with E-state index in [0.29, 0.717) is 13.1 Å². The van der Waals surface area contributed by atoms with E-state index in [2.05, 4.69) is 0 Å². The molecule has 2 heterocycles. The van der Waals surface area contributed by atoms with Gasteiger partial charge in [0.2, 0.25) is 11.8 Å². The molecule has 2 saturated heterocycles. The molecule has 0 aromatic heterocycles. The maximum absolute atomic E-state index is 13.7. The molecule has 2 aromatic rings. The smallest absolute Gasteiger partial charge is 0.236 e. The van der Waals surface area contributed by atoms with Gasteiger partial charge in [-0.05, 0) is 49.2 Å². The molecule has 0 aliphatic carbocycles. The highest BCUT2D eigenvalue weighted by molar-refractivity contribution is 8.01. The number of amides is 2. The van der Waals surface area contributed by atoms with Gasteiger partial charge in [0.15, 0.2) is 0 Å². The molecular formula is C22H22F2N2O2S2. The van der Waals surface area contributed by atoms with Crippen molar-refractivity contribution in [3.8, 4) is 0 Å². The summed E-state index contributed by atoms with van der Waals surface area (Å²) in [6.07, 6.45) is 0. The fourth-order valence-electron chi connectivity index (χ4n) is 3.86. The third-order valence-electron chi connectivity index (χ3n) is 5.34. The minimum Gasteiger partial charge on any atom is -0.324 e. The molecule has 4 rings (SSSR count). The van der Waals surface area contributed by atoms with Crippen molar-refractivity contribution in [2.24, 2.45) is 0 Å². The van der Waals surface area contributed by atoms with Gasteiger partial charge >= 0.3 is 0 Å². The molecule has 2 amide bonds. The highest BCUT2D eigenvalue weighted by Crippen LogP contribution is 2.45. The Bertz CT molecular complexity index is 896. The number of carbonyl (C=O) groups is 2. The molecule has 4 atom stereocenters. The van der Waals surface area contributed by atoms with Gasteiger partial charge in [-0.1, -0.05) is 24.3 Å². The molecule has 2 aliphatic heterocycles. The van der Waals surface area contributed by atoms with Crippen LogP contribution in [0.3, 0.4) is 0 Å². The molecule has 2 aromatic carbocycles. The lowest BCUT2D eigenvalue weighted by molar-refractivity contribution is -0.133. The SMILES string of the molecule is C[C@@H]1S[C@H](c2cccc(F)c2)N(CCN2C(=O)[C@H](C)S[C@H]2c2cccc(F)c2)C1=O. The Kier molecular flexibility index (Phi) is 6.06. The van der Waals surface area contributed by atoms with Crippen molar-refractivity contribution in [1.82, 2.24) is 9.80 Å². The number of benzene rings is 2. The van der Waals surface area contributed by atoms with Gasteiger partial charge in [0.25, 0.3) is 0 Å². The first-order valence-corrected chi connectivity index (χ1v) is 11.7. The second-order valence-electron chi connectivity index (χ2n) is 7.43. The number of carbonyl (C=O) groups excluding carboxylic acids is 2. The Labute approximate surface area is 183 Å². The Balaban J connectivity index is 1.55. The van der Waals surface area contributed by atoms with Gasteiger partial charge in [0.05, 0.1) is 10.5 Å². The monoisotopic (exact) mass is 448 g/mol. The topological polar surface area (TPSA) is 40.6 Å². The van der Waals surface area contributed by atoms with E-state index < -0.39 is 0 Å². The number of hydrogen-bond donors (Lipinski definition) is 0. The molecule has 0 bridgehead atoms. The molecule has 30 heavy (non-hydrogen) atoms. The molecule has 158 valence electrons. The van der Waals surface area contributed by atoms with E-state index in [9.17, 15) is 18.4 Å². The average Bonchev–Trinajstić information content (AvgIpc) is 3.16. The summed E-state index contributed by atoms with van der Waals surface area (Å²) >= 11 is 2.96. The molecule has 0 unspecified atom stereocenters. The van der Waals surface area contributed by atoms with Crippen LogP contribution in [0, 0.1) is 11.6 Å². The Hall–Kier alpha value is -2.06. The maximum Gasteiger partial charge on any atom is 0.236 e. The summed E-state index contributed by atoms with van der Waals surface area (Å²) in [5, 5.41) is -1.06. The summed E-state index contributed by atoms with van der Waals surface area (Å²) in [6.45, 7) is 4.35. The molecule has 0 radical (unpaired) electrons. The standard InChI is InChI=1S/C22H22F2N2O2S2/c1-13-19(27)25(21(29-13)15-5-3-7-17(23)11-15)9-10-26-20(28)14(2)30-22(26)16-6-4-8-18(24)12-16/h3-8,11-14,21-22H,9-10H2,1-2H3/t13-,14-,21-,22+/m0/s1. The van der Waals surface area contributed by atoms with Crippen LogP contribution in [-0.2, 0) is 9.59 Å². The zero-order chi connectivity index (χ0) is 21.4. The van der Waals surface area contributed by atoms with E-state index in [1.54, 1.807) is 21.9 Å². The van der Waals surface area contributed by atoms with Crippen molar-refractivity contribution >= 4 is 35.3 Å². The first-order valence-electron chi connectivity index (χ1n) is 9.78. The van der Waals surface area contributed by atoms with Gasteiger partial charge in [-0.25, -0.2) is 8.78 Å². The second kappa shape index (κ2) is 8.59. The van der Waals surface area contributed by atoms with Gasteiger partial charge in [-0.2, -0.15) is 0 Å². The van der Waals surface area contributed by atoms with Gasteiger partial charge in [0, 0.05) is 13.1 Å². The number of rotatable bonds is 5. The van der Waals surface area contributed by atoms with Crippen molar-refractivity contribution < 1.29 is 18.4 Å². The average molecular weight is 449 g/mol. The van der Waals surface area contributed by atoms with E-state index in [1.807, 2.05) is 26.0 Å². The third-order valence-corrected chi connectivity index (χ3v) is 8.13. The summed E-state index contributed by atoms with van der Waals surface area (Å²) < 4.78 is 27.5. The van der Waals surface area contributed by atoms with Crippen molar-refractivity contribution in [2.75, 3.05) is 13.1 Å². The lowest BCUT2D eigenvalue weighted by atomic mass is 10.2. The van der Waals surface area contributed by atoms with Crippen LogP contribution in [0.5, 0.6) is 0 Å².